The first-order valence-corrected chi connectivity index (χ1v) is 26.9. The average molecular weight is 1030 g/mol. The number of nitrogens with one attached hydrogen (secondary N) is 3. The van der Waals surface area contributed by atoms with Crippen LogP contribution in [0.25, 0.3) is 22.0 Å². The number of piperidine rings is 2. The van der Waals surface area contributed by atoms with Gasteiger partial charge in [0, 0.05) is 104 Å². The van der Waals surface area contributed by atoms with Crippen molar-refractivity contribution in [2.24, 2.45) is 0 Å². The second-order valence-electron chi connectivity index (χ2n) is 18.3. The van der Waals surface area contributed by atoms with E-state index in [2.05, 4.69) is 75.6 Å². The number of nitrogens with zero attached hydrogens (tertiary/aromatic N) is 7. The molecule has 1 unspecified atom stereocenters. The predicted molar refractivity (Wildman–Crippen MR) is 268 cm³/mol. The lowest BCUT2D eigenvalue weighted by Crippen LogP contribution is -2.53. The van der Waals surface area contributed by atoms with Crippen LogP contribution in [0, 0.1) is 18.6 Å². The van der Waals surface area contributed by atoms with E-state index < -0.39 is 36.5 Å². The maximum absolute atomic E-state index is 15.5. The summed E-state index contributed by atoms with van der Waals surface area (Å²) in [7, 11) is -2.93. The van der Waals surface area contributed by atoms with Crippen LogP contribution in [0.1, 0.15) is 62.4 Å². The third kappa shape index (κ3) is 10.0. The molecule has 0 radical (unpaired) electrons. The van der Waals surface area contributed by atoms with E-state index in [0.717, 1.165) is 69.8 Å². The van der Waals surface area contributed by atoms with Gasteiger partial charge in [-0.05, 0) is 105 Å². The number of hydrogen-bond acceptors (Lipinski definition) is 14. The molecule has 69 heavy (non-hydrogen) atoms. The van der Waals surface area contributed by atoms with Gasteiger partial charge in [-0.3, -0.25) is 29.4 Å². The summed E-state index contributed by atoms with van der Waals surface area (Å²) < 4.78 is 58.0. The number of pyridine rings is 1. The first-order valence-electron chi connectivity index (χ1n) is 23.5. The fourth-order valence-electron chi connectivity index (χ4n) is 10.0. The van der Waals surface area contributed by atoms with Crippen LogP contribution in [-0.4, -0.2) is 113 Å². The molecule has 3 aliphatic heterocycles. The number of rotatable bonds is 14. The minimum absolute atomic E-state index is 0.106. The Labute approximate surface area is 406 Å². The van der Waals surface area contributed by atoms with Crippen LogP contribution in [0.5, 0.6) is 5.75 Å². The molecule has 364 valence electrons. The molecule has 0 spiro atoms. The van der Waals surface area contributed by atoms with Gasteiger partial charge in [-0.2, -0.15) is 4.98 Å². The minimum atomic E-state index is -2.93. The molecular formula is C49H56BrF2N10O6P. The number of carbonyl (C=O) groups is 2. The molecule has 1 atom stereocenters. The highest BCUT2D eigenvalue weighted by molar-refractivity contribution is 9.10. The monoisotopic (exact) mass is 1030 g/mol. The molecule has 3 aliphatic rings. The molecule has 6 aromatic rings. The van der Waals surface area contributed by atoms with E-state index in [4.69, 9.17) is 14.1 Å². The number of aromatic nitrogens is 4. The largest absolute Gasteiger partial charge is 0.492 e. The normalized spacial score (nSPS) is 17.7. The molecule has 2 amide bonds. The van der Waals surface area contributed by atoms with Gasteiger partial charge in [0.05, 0.1) is 28.0 Å². The molecule has 20 heteroatoms. The van der Waals surface area contributed by atoms with E-state index in [1.807, 2.05) is 6.92 Å². The van der Waals surface area contributed by atoms with Gasteiger partial charge in [0.1, 0.15) is 36.1 Å². The number of anilines is 5. The lowest BCUT2D eigenvalue weighted by Gasteiger charge is -2.43. The first kappa shape index (κ1) is 48.3. The van der Waals surface area contributed by atoms with Gasteiger partial charge < -0.3 is 34.2 Å². The van der Waals surface area contributed by atoms with E-state index in [1.54, 1.807) is 38.6 Å². The maximum atomic E-state index is 15.5. The minimum Gasteiger partial charge on any atom is -0.492 e. The fourth-order valence-corrected chi connectivity index (χ4v) is 11.8. The third-order valence-corrected chi connectivity index (χ3v) is 15.6. The van der Waals surface area contributed by atoms with Crippen LogP contribution >= 0.6 is 23.1 Å². The second-order valence-corrected chi connectivity index (χ2v) is 22.3. The number of piperazine rings is 1. The number of fused-ring (bicyclic) bond motifs is 2. The van der Waals surface area contributed by atoms with Crippen LogP contribution in [0.3, 0.4) is 0 Å². The summed E-state index contributed by atoms with van der Waals surface area (Å²) in [6.45, 7) is 15.4. The lowest BCUT2D eigenvalue weighted by molar-refractivity contribution is -0.135. The van der Waals surface area contributed by atoms with Crippen LogP contribution in [-0.2, 0) is 27.0 Å². The highest BCUT2D eigenvalue weighted by Gasteiger charge is 2.33. The molecule has 9 rings (SSSR count). The third-order valence-electron chi connectivity index (χ3n) is 13.4. The number of amides is 2. The second kappa shape index (κ2) is 19.9. The van der Waals surface area contributed by atoms with E-state index in [9.17, 15) is 18.9 Å². The van der Waals surface area contributed by atoms with Crippen molar-refractivity contribution in [3.63, 3.8) is 0 Å². The van der Waals surface area contributed by atoms with Crippen molar-refractivity contribution in [2.45, 2.75) is 71.4 Å². The van der Waals surface area contributed by atoms with Crippen LogP contribution < -0.4 is 36.6 Å². The van der Waals surface area contributed by atoms with Gasteiger partial charge in [0.2, 0.25) is 17.8 Å². The van der Waals surface area contributed by atoms with Crippen LogP contribution in [0.15, 0.2) is 62.3 Å². The maximum Gasteiger partial charge on any atom is 0.420 e. The number of oxazole rings is 1. The van der Waals surface area contributed by atoms with Gasteiger partial charge >= 0.3 is 5.76 Å². The van der Waals surface area contributed by atoms with Crippen molar-refractivity contribution in [3.05, 3.63) is 92.1 Å². The zero-order valence-electron chi connectivity index (χ0n) is 39.3. The number of carbonyl (C=O) groups excluding carboxylic acids is 2. The molecule has 0 aliphatic carbocycles. The number of hydrogen-bond donors (Lipinski definition) is 3. The number of aryl methyl sites for hydroxylation is 2. The van der Waals surface area contributed by atoms with Crippen LogP contribution in [0.2, 0.25) is 0 Å². The topological polar surface area (TPSA) is 180 Å². The van der Waals surface area contributed by atoms with Crippen molar-refractivity contribution < 1.29 is 32.1 Å². The van der Waals surface area contributed by atoms with E-state index in [1.165, 1.54) is 22.8 Å². The number of ether oxygens (including phenoxy) is 1. The summed E-state index contributed by atoms with van der Waals surface area (Å²) in [5.74, 6) is -1.39. The summed E-state index contributed by atoms with van der Waals surface area (Å²) in [6, 6.07) is 11.4. The molecule has 3 N–H and O–H groups in total. The van der Waals surface area contributed by atoms with E-state index >= 15 is 8.78 Å². The summed E-state index contributed by atoms with van der Waals surface area (Å²) >= 11 is 3.55. The predicted octanol–water partition coefficient (Wildman–Crippen LogP) is 7.78. The fraction of sp³-hybridized carbons (Fsp3) is 0.429. The molecule has 3 aromatic heterocycles. The quantitative estimate of drug-likeness (QED) is 0.0711. The molecular weight excluding hydrogens is 973 g/mol. The molecule has 3 fully saturated rings. The highest BCUT2D eigenvalue weighted by atomic mass is 79.9. The van der Waals surface area contributed by atoms with Crippen LogP contribution in [0.4, 0.5) is 37.6 Å². The number of imide groups is 1. The van der Waals surface area contributed by atoms with Crippen molar-refractivity contribution in [2.75, 3.05) is 81.3 Å². The smallest absolute Gasteiger partial charge is 0.420 e. The molecule has 0 saturated carbocycles. The molecule has 3 aromatic carbocycles. The summed E-state index contributed by atoms with van der Waals surface area (Å²) in [5.41, 5.74) is 4.94. The number of halogens is 3. The van der Waals surface area contributed by atoms with Crippen molar-refractivity contribution in [1.82, 2.24) is 34.6 Å². The molecule has 0 bridgehead atoms. The van der Waals surface area contributed by atoms with Gasteiger partial charge in [0.25, 0.3) is 0 Å². The van der Waals surface area contributed by atoms with Crippen molar-refractivity contribution in [1.29, 1.82) is 0 Å². The Balaban J connectivity index is 0.836. The van der Waals surface area contributed by atoms with E-state index in [-0.39, 0.29) is 35.8 Å². The Morgan fingerprint density at radius 2 is 1.70 bits per heavy atom. The Hall–Kier alpha value is -5.75. The Morgan fingerprint density at radius 3 is 2.41 bits per heavy atom. The standard InChI is InChI=1S/C49H56BrF2N10O6P/c1-6-29-24-36(56-48-53-27-33(50)46(58-48)55-37-25-35(52)43-32(9-8-28(3)54-43)45(37)69(4,5)66)41(67-7-2)26-40(29)61-18-14-30(15-19-61)60-22-20-59(21-23-60)17-16-31-34(51)10-11-38-44(31)68-49(65)62(38)39-12-13-42(63)57-47(39)64/h8-11,24-27,30,39H,6-7,12-23H2,1-5H3,(H,57,63,64)(H2,53,55,56,58). The molecule has 16 nitrogen and oxygen atoms in total. The highest BCUT2D eigenvalue weighted by Crippen LogP contribution is 2.43. The van der Waals surface area contributed by atoms with Gasteiger partial charge in [-0.1, -0.05) is 13.0 Å². The van der Waals surface area contributed by atoms with Crippen molar-refractivity contribution in [3.8, 4) is 5.75 Å². The Morgan fingerprint density at radius 1 is 0.928 bits per heavy atom. The van der Waals surface area contributed by atoms with E-state index in [0.29, 0.717) is 80.5 Å². The Kier molecular flexibility index (Phi) is 13.9. The van der Waals surface area contributed by atoms with Gasteiger partial charge in [-0.25, -0.2) is 18.6 Å². The lowest BCUT2D eigenvalue weighted by atomic mass is 9.99. The number of benzene rings is 3. The summed E-state index contributed by atoms with van der Waals surface area (Å²) in [5, 5.41) is 9.86. The molecule has 3 saturated heterocycles. The zero-order valence-corrected chi connectivity index (χ0v) is 41.8. The average Bonchev–Trinajstić information content (AvgIpc) is 3.65. The van der Waals surface area contributed by atoms with Crippen molar-refractivity contribution >= 4 is 91.0 Å². The first-order chi connectivity index (χ1) is 33.1. The molecule has 6 heterocycles. The summed E-state index contributed by atoms with van der Waals surface area (Å²) in [4.78, 5) is 58.3. The summed E-state index contributed by atoms with van der Waals surface area (Å²) in [6.07, 6.45) is 5.00. The van der Waals surface area contributed by atoms with Gasteiger partial charge in [0.15, 0.2) is 11.4 Å². The van der Waals surface area contributed by atoms with Gasteiger partial charge in [-0.15, -0.1) is 0 Å². The zero-order chi connectivity index (χ0) is 48.7. The Bertz CT molecular complexity index is 3070. The SMILES string of the molecule is CCOc1cc(N2CCC(N3CCN(CCc4c(F)ccc5c4oc(=O)n5C4CCC(=O)NC4=O)CC3)CC2)c(CC)cc1Nc1ncc(Br)c(Nc2cc(F)c3nc(C)ccc3c2P(C)(C)=O)n1.